The van der Waals surface area contributed by atoms with Crippen LogP contribution in [0, 0.1) is 53.7 Å². The van der Waals surface area contributed by atoms with E-state index in [-0.39, 0.29) is 40.2 Å². The molecule has 420 valence electrons. The summed E-state index contributed by atoms with van der Waals surface area (Å²) in [6.45, 7) is 13.6. The second-order valence-electron chi connectivity index (χ2n) is 22.1. The summed E-state index contributed by atoms with van der Waals surface area (Å²) < 4.78 is 0. The maximum Gasteiger partial charge on any atom is 0.0242 e. The summed E-state index contributed by atoms with van der Waals surface area (Å²) in [6.07, 6.45) is 4.02. The number of hydrogen-bond donors (Lipinski definition) is 0. The molecular weight excluding hydrogens is 1400 g/mol. The third-order valence-electron chi connectivity index (χ3n) is 17.0. The third kappa shape index (κ3) is 11.5. The fraction of sp³-hybridized carbons (Fsp3) is 0.0732. The van der Waals surface area contributed by atoms with Gasteiger partial charge in [-0.1, -0.05) is 252 Å². The molecule has 0 aliphatic carbocycles. The van der Waals surface area contributed by atoms with Gasteiger partial charge in [-0.2, -0.15) is 0 Å². The van der Waals surface area contributed by atoms with E-state index >= 15 is 0 Å². The summed E-state index contributed by atoms with van der Waals surface area (Å²) >= 11 is 0. The van der Waals surface area contributed by atoms with Gasteiger partial charge in [-0.25, -0.2) is 0 Å². The third-order valence-corrected chi connectivity index (χ3v) is 17.0. The van der Waals surface area contributed by atoms with E-state index in [1.807, 2.05) is 12.4 Å². The monoisotopic (exact) mass is 1460 g/mol. The minimum atomic E-state index is 0. The van der Waals surface area contributed by atoms with Gasteiger partial charge in [-0.15, -0.1) is 47.5 Å². The molecule has 13 rings (SSSR count). The summed E-state index contributed by atoms with van der Waals surface area (Å²) in [5, 5.41) is 0. The van der Waals surface area contributed by atoms with Crippen LogP contribution in [0.5, 0.6) is 0 Å². The average molecular weight is 1460 g/mol. The minimum absolute atomic E-state index is 0. The largest absolute Gasteiger partial charge is 0.304 e. The molecule has 0 aliphatic rings. The van der Waals surface area contributed by atoms with Crippen LogP contribution in [0.2, 0.25) is 0 Å². The van der Waals surface area contributed by atoms with Gasteiger partial charge in [-0.05, 0) is 165 Å². The number of pyridine rings is 2. The summed E-state index contributed by atoms with van der Waals surface area (Å²) in [4.78, 5) is 10.2. The van der Waals surface area contributed by atoms with Crippen LogP contribution < -0.4 is 0 Å². The van der Waals surface area contributed by atoms with Crippen LogP contribution in [0.3, 0.4) is 0 Å². The predicted octanol–water partition coefficient (Wildman–Crippen LogP) is 21.9. The van der Waals surface area contributed by atoms with Gasteiger partial charge in [0, 0.05) is 63.7 Å². The Balaban J connectivity index is 0.00000384. The van der Waals surface area contributed by atoms with E-state index in [1.165, 1.54) is 77.9 Å². The fourth-order valence-electron chi connectivity index (χ4n) is 12.4. The summed E-state index contributed by atoms with van der Waals surface area (Å²) in [5.74, 6) is 0. The first kappa shape index (κ1) is 58.8. The van der Waals surface area contributed by atoms with Crippen molar-refractivity contribution in [2.75, 3.05) is 0 Å². The molecule has 2 nitrogen and oxygen atoms in total. The van der Waals surface area contributed by atoms with Gasteiger partial charge in [-0.3, -0.25) is 0 Å². The molecular formula is C82H62Ir2N2-2. The Morgan fingerprint density at radius 2 is 0.547 bits per heavy atom. The van der Waals surface area contributed by atoms with E-state index in [4.69, 9.17) is 9.97 Å². The van der Waals surface area contributed by atoms with Crippen molar-refractivity contribution >= 4 is 0 Å². The molecule has 13 aromatic rings. The van der Waals surface area contributed by atoms with Gasteiger partial charge in [0.1, 0.15) is 0 Å². The smallest absolute Gasteiger partial charge is 0.0242 e. The standard InChI is InChI=1S/C82H62N2.2Ir/c1-53-45-79(83-51-77(53)61-29-15-9-16-30-61)67-41-43-71(75(49-67)65-35-23-33-63(47-65)59-25-11-7-12-26-59)69-37-19-21-39-73(69)81-55(3)57(5)82(58(6)56(81)4)74-40-22-20-38-70(74)72-44-42-68(80-46-54(2)78(52-84-80)62-31-17-10-18-32-62)50-76(72)66-36-24-34-64(48-66)60-27-13-8-14-28-60;;/h7-40,43-52H,1-6H3;;/q-2;;. The molecule has 2 heterocycles. The van der Waals surface area contributed by atoms with Crippen LogP contribution in [-0.4, -0.2) is 9.97 Å². The number of nitrogens with zero attached hydrogens (tertiary/aromatic N) is 2. The first-order valence-electron chi connectivity index (χ1n) is 28.9. The summed E-state index contributed by atoms with van der Waals surface area (Å²) in [6, 6.07) is 99.0. The first-order chi connectivity index (χ1) is 41.2. The van der Waals surface area contributed by atoms with Gasteiger partial charge < -0.3 is 9.97 Å². The number of aryl methyl sites for hydroxylation is 2. The minimum Gasteiger partial charge on any atom is -0.304 e. The zero-order valence-electron chi connectivity index (χ0n) is 49.0. The Kier molecular flexibility index (Phi) is 17.6. The van der Waals surface area contributed by atoms with E-state index in [9.17, 15) is 0 Å². The Morgan fingerprint density at radius 3 is 0.895 bits per heavy atom. The zero-order chi connectivity index (χ0) is 57.3. The normalized spacial score (nSPS) is 11.0. The van der Waals surface area contributed by atoms with Crippen molar-refractivity contribution < 1.29 is 40.2 Å². The van der Waals surface area contributed by atoms with Crippen LogP contribution >= 0.6 is 0 Å². The molecule has 11 aromatic carbocycles. The van der Waals surface area contributed by atoms with E-state index in [0.717, 1.165) is 89.3 Å². The van der Waals surface area contributed by atoms with Crippen LogP contribution in [0.1, 0.15) is 33.4 Å². The molecule has 0 atom stereocenters. The van der Waals surface area contributed by atoms with Crippen molar-refractivity contribution in [2.45, 2.75) is 41.5 Å². The molecule has 0 fully saturated rings. The van der Waals surface area contributed by atoms with Gasteiger partial charge >= 0.3 is 0 Å². The first-order valence-corrected chi connectivity index (χ1v) is 28.9. The number of hydrogen-bond acceptors (Lipinski definition) is 2. The number of benzene rings is 11. The van der Waals surface area contributed by atoms with Gasteiger partial charge in [0.15, 0.2) is 0 Å². The average Bonchev–Trinajstić information content (AvgIpc) is 1.27. The molecule has 4 heteroatoms. The van der Waals surface area contributed by atoms with E-state index in [2.05, 4.69) is 308 Å². The van der Waals surface area contributed by atoms with Crippen LogP contribution in [-0.2, 0) is 40.2 Å². The van der Waals surface area contributed by atoms with Crippen LogP contribution in [0.25, 0.3) is 134 Å². The molecule has 0 unspecified atom stereocenters. The van der Waals surface area contributed by atoms with Crippen molar-refractivity contribution in [3.05, 3.63) is 313 Å². The van der Waals surface area contributed by atoms with Crippen molar-refractivity contribution in [2.24, 2.45) is 0 Å². The number of aromatic nitrogens is 2. The van der Waals surface area contributed by atoms with Crippen LogP contribution in [0.4, 0.5) is 0 Å². The zero-order valence-corrected chi connectivity index (χ0v) is 53.8. The quantitative estimate of drug-likeness (QED) is 0.114. The molecule has 2 aromatic heterocycles. The molecule has 0 aliphatic heterocycles. The van der Waals surface area contributed by atoms with Crippen molar-refractivity contribution in [1.82, 2.24) is 9.97 Å². The molecule has 0 spiro atoms. The topological polar surface area (TPSA) is 25.8 Å². The molecule has 0 amide bonds. The second kappa shape index (κ2) is 25.7. The molecule has 0 saturated carbocycles. The number of rotatable bonds is 12. The second-order valence-corrected chi connectivity index (χ2v) is 22.1. The van der Waals surface area contributed by atoms with Crippen LogP contribution in [0.15, 0.2) is 267 Å². The van der Waals surface area contributed by atoms with E-state index < -0.39 is 0 Å². The van der Waals surface area contributed by atoms with Crippen molar-refractivity contribution in [1.29, 1.82) is 0 Å². The maximum atomic E-state index is 5.08. The van der Waals surface area contributed by atoms with Crippen molar-refractivity contribution in [3.8, 4) is 134 Å². The Bertz CT molecular complexity index is 4270. The molecule has 0 bridgehead atoms. The van der Waals surface area contributed by atoms with E-state index in [0.29, 0.717) is 0 Å². The Morgan fingerprint density at radius 1 is 0.244 bits per heavy atom. The maximum absolute atomic E-state index is 5.08. The molecule has 2 radical (unpaired) electrons. The SMILES string of the molecule is Cc1cc(-c2[c-]cc(-c3ccccc3-c3c(C)c(C)c(-c4ccccc4-c4c[c-]c(-c5cc(C)c(-c6ccccc6)cn5)cc4-c4cccc(-c5ccccc5)c4)c(C)c3C)c(-c3cccc(-c4ccccc4)c3)c2)ncc1-c1ccccc1.[Ir].[Ir]. The van der Waals surface area contributed by atoms with Gasteiger partial charge in [0.25, 0.3) is 0 Å². The summed E-state index contributed by atoms with van der Waals surface area (Å²) in [5.41, 5.74) is 34.2. The molecule has 86 heavy (non-hydrogen) atoms. The Hall–Kier alpha value is -8.98. The predicted molar refractivity (Wildman–Crippen MR) is 353 cm³/mol. The van der Waals surface area contributed by atoms with Gasteiger partial charge in [0.05, 0.1) is 0 Å². The molecule has 0 N–H and O–H groups in total. The molecule has 0 saturated heterocycles. The van der Waals surface area contributed by atoms with Crippen molar-refractivity contribution in [3.63, 3.8) is 0 Å². The fourth-order valence-corrected chi connectivity index (χ4v) is 12.4. The van der Waals surface area contributed by atoms with E-state index in [1.54, 1.807) is 0 Å². The summed E-state index contributed by atoms with van der Waals surface area (Å²) in [7, 11) is 0. The Labute approximate surface area is 534 Å². The van der Waals surface area contributed by atoms with Gasteiger partial charge in [0.2, 0.25) is 0 Å².